The number of methoxy groups -OCH3 is 2. The van der Waals surface area contributed by atoms with E-state index in [1.54, 1.807) is 20.3 Å². The molecule has 0 aliphatic rings. The second-order valence-corrected chi connectivity index (χ2v) is 4.31. The molecule has 1 aromatic rings. The van der Waals surface area contributed by atoms with Crippen molar-refractivity contribution in [2.45, 2.75) is 13.3 Å². The van der Waals surface area contributed by atoms with Crippen LogP contribution in [0.1, 0.15) is 18.9 Å². The quantitative estimate of drug-likeness (QED) is 0.560. The lowest BCUT2D eigenvalue weighted by atomic mass is 10.2. The van der Waals surface area contributed by atoms with Gasteiger partial charge in [-0.15, -0.1) is 0 Å². The molecule has 1 N–H and O–H groups in total. The van der Waals surface area contributed by atoms with Gasteiger partial charge in [0.1, 0.15) is 0 Å². The first-order valence-corrected chi connectivity index (χ1v) is 6.97. The molecule has 0 bridgehead atoms. The Hall–Kier alpha value is -2.01. The average Bonchev–Trinajstić information content (AvgIpc) is 2.50. The van der Waals surface area contributed by atoms with Gasteiger partial charge in [0.25, 0.3) is 0 Å². The molecule has 0 aliphatic heterocycles. The van der Waals surface area contributed by atoms with Crippen molar-refractivity contribution in [3.8, 4) is 11.5 Å². The lowest BCUT2D eigenvalue weighted by Crippen LogP contribution is -2.22. The molecule has 21 heavy (non-hydrogen) atoms. The molecule has 1 amide bonds. The van der Waals surface area contributed by atoms with Gasteiger partial charge >= 0.3 is 0 Å². The standard InChI is InChI=1S/C16H23NO4/c1-4-21-15-12-13(6-8-14(15)20-3)7-9-16(18)17-10-5-11-19-2/h6-9,12H,4-5,10-11H2,1-3H3,(H,17,18)/b9-7+. The molecule has 5 heteroatoms. The Balaban J connectivity index is 2.58. The summed E-state index contributed by atoms with van der Waals surface area (Å²) in [4.78, 5) is 11.6. The Morgan fingerprint density at radius 2 is 2.10 bits per heavy atom. The fraction of sp³-hybridized carbons (Fsp3) is 0.438. The summed E-state index contributed by atoms with van der Waals surface area (Å²) >= 11 is 0. The monoisotopic (exact) mass is 293 g/mol. The Labute approximate surface area is 125 Å². The van der Waals surface area contributed by atoms with Crippen LogP contribution in [0.3, 0.4) is 0 Å². The van der Waals surface area contributed by atoms with Crippen LogP contribution >= 0.6 is 0 Å². The number of hydrogen-bond donors (Lipinski definition) is 1. The molecule has 1 rings (SSSR count). The van der Waals surface area contributed by atoms with Gasteiger partial charge in [0.15, 0.2) is 11.5 Å². The van der Waals surface area contributed by atoms with E-state index in [1.807, 2.05) is 25.1 Å². The number of rotatable bonds is 9. The summed E-state index contributed by atoms with van der Waals surface area (Å²) in [6, 6.07) is 5.54. The zero-order valence-corrected chi connectivity index (χ0v) is 12.8. The summed E-state index contributed by atoms with van der Waals surface area (Å²) < 4.78 is 15.6. The van der Waals surface area contributed by atoms with Gasteiger partial charge in [-0.25, -0.2) is 0 Å². The van der Waals surface area contributed by atoms with E-state index in [4.69, 9.17) is 14.2 Å². The van der Waals surface area contributed by atoms with Crippen molar-refractivity contribution in [1.29, 1.82) is 0 Å². The zero-order chi connectivity index (χ0) is 15.5. The van der Waals surface area contributed by atoms with E-state index < -0.39 is 0 Å². The Kier molecular flexibility index (Phi) is 7.97. The highest BCUT2D eigenvalue weighted by atomic mass is 16.5. The lowest BCUT2D eigenvalue weighted by Gasteiger charge is -2.09. The van der Waals surface area contributed by atoms with Crippen LogP contribution in [-0.4, -0.2) is 39.9 Å². The van der Waals surface area contributed by atoms with Gasteiger partial charge in [0.2, 0.25) is 5.91 Å². The van der Waals surface area contributed by atoms with Gasteiger partial charge in [-0.3, -0.25) is 4.79 Å². The number of benzene rings is 1. The molecule has 1 aromatic carbocycles. The lowest BCUT2D eigenvalue weighted by molar-refractivity contribution is -0.116. The van der Waals surface area contributed by atoms with Crippen molar-refractivity contribution < 1.29 is 19.0 Å². The summed E-state index contributed by atoms with van der Waals surface area (Å²) in [5.74, 6) is 1.22. The third-order valence-electron chi connectivity index (χ3n) is 2.74. The number of amides is 1. The highest BCUT2D eigenvalue weighted by Crippen LogP contribution is 2.28. The molecule has 0 aliphatic carbocycles. The summed E-state index contributed by atoms with van der Waals surface area (Å²) in [5, 5.41) is 2.79. The summed E-state index contributed by atoms with van der Waals surface area (Å²) in [5.41, 5.74) is 0.881. The number of carbonyl (C=O) groups is 1. The predicted molar refractivity (Wildman–Crippen MR) is 82.7 cm³/mol. The number of carbonyl (C=O) groups excluding carboxylic acids is 1. The number of nitrogens with one attached hydrogen (secondary N) is 1. The molecular weight excluding hydrogens is 270 g/mol. The minimum absolute atomic E-state index is 0.125. The van der Waals surface area contributed by atoms with E-state index >= 15 is 0 Å². The topological polar surface area (TPSA) is 56.8 Å². The van der Waals surface area contributed by atoms with Crippen LogP contribution in [0, 0.1) is 0 Å². The number of ether oxygens (including phenoxy) is 3. The first kappa shape index (κ1) is 17.0. The summed E-state index contributed by atoms with van der Waals surface area (Å²) in [7, 11) is 3.24. The second kappa shape index (κ2) is 9.83. The van der Waals surface area contributed by atoms with E-state index in [2.05, 4.69) is 5.32 Å². The van der Waals surface area contributed by atoms with E-state index in [-0.39, 0.29) is 5.91 Å². The van der Waals surface area contributed by atoms with E-state index in [9.17, 15) is 4.79 Å². The van der Waals surface area contributed by atoms with E-state index in [0.717, 1.165) is 12.0 Å². The van der Waals surface area contributed by atoms with E-state index in [1.165, 1.54) is 6.08 Å². The minimum atomic E-state index is -0.125. The van der Waals surface area contributed by atoms with Gasteiger partial charge in [-0.2, -0.15) is 0 Å². The average molecular weight is 293 g/mol. The van der Waals surface area contributed by atoms with Gasteiger partial charge in [-0.05, 0) is 37.1 Å². The minimum Gasteiger partial charge on any atom is -0.493 e. The van der Waals surface area contributed by atoms with Crippen molar-refractivity contribution >= 4 is 12.0 Å². The molecule has 0 spiro atoms. The van der Waals surface area contributed by atoms with Gasteiger partial charge < -0.3 is 19.5 Å². The fourth-order valence-electron chi connectivity index (χ4n) is 1.72. The van der Waals surface area contributed by atoms with Crippen LogP contribution in [-0.2, 0) is 9.53 Å². The van der Waals surface area contributed by atoms with Crippen LogP contribution in [0.25, 0.3) is 6.08 Å². The highest BCUT2D eigenvalue weighted by Gasteiger charge is 2.04. The largest absolute Gasteiger partial charge is 0.493 e. The van der Waals surface area contributed by atoms with Crippen molar-refractivity contribution in [2.75, 3.05) is 34.0 Å². The van der Waals surface area contributed by atoms with Gasteiger partial charge in [0.05, 0.1) is 13.7 Å². The molecular formula is C16H23NO4. The van der Waals surface area contributed by atoms with Crippen LogP contribution in [0.5, 0.6) is 11.5 Å². The maximum atomic E-state index is 11.6. The van der Waals surface area contributed by atoms with Crippen LogP contribution < -0.4 is 14.8 Å². The van der Waals surface area contributed by atoms with Crippen molar-refractivity contribution in [3.05, 3.63) is 29.8 Å². The van der Waals surface area contributed by atoms with Crippen LogP contribution in [0.4, 0.5) is 0 Å². The predicted octanol–water partition coefficient (Wildman–Crippen LogP) is 2.26. The molecule has 5 nitrogen and oxygen atoms in total. The molecule has 0 aromatic heterocycles. The Bertz CT molecular complexity index is 471. The fourth-order valence-corrected chi connectivity index (χ4v) is 1.72. The van der Waals surface area contributed by atoms with Crippen molar-refractivity contribution in [2.24, 2.45) is 0 Å². The number of hydrogen-bond acceptors (Lipinski definition) is 4. The molecule has 0 radical (unpaired) electrons. The molecule has 0 saturated heterocycles. The maximum absolute atomic E-state index is 11.6. The third kappa shape index (κ3) is 6.31. The van der Waals surface area contributed by atoms with Crippen molar-refractivity contribution in [3.63, 3.8) is 0 Å². The molecule has 0 heterocycles. The molecule has 0 fully saturated rings. The highest BCUT2D eigenvalue weighted by molar-refractivity contribution is 5.91. The first-order valence-electron chi connectivity index (χ1n) is 6.97. The van der Waals surface area contributed by atoms with E-state index in [0.29, 0.717) is 31.3 Å². The van der Waals surface area contributed by atoms with Crippen LogP contribution in [0.2, 0.25) is 0 Å². The Morgan fingerprint density at radius 1 is 1.29 bits per heavy atom. The summed E-state index contributed by atoms with van der Waals surface area (Å²) in [6.45, 7) is 3.71. The Morgan fingerprint density at radius 3 is 2.76 bits per heavy atom. The van der Waals surface area contributed by atoms with Crippen molar-refractivity contribution in [1.82, 2.24) is 5.32 Å². The smallest absolute Gasteiger partial charge is 0.244 e. The molecule has 0 atom stereocenters. The van der Waals surface area contributed by atoms with Gasteiger partial charge in [-0.1, -0.05) is 6.07 Å². The van der Waals surface area contributed by atoms with Gasteiger partial charge in [0, 0.05) is 26.3 Å². The zero-order valence-electron chi connectivity index (χ0n) is 12.8. The SMILES string of the molecule is CCOc1cc(/C=C/C(=O)NCCCOC)ccc1OC. The molecule has 116 valence electrons. The van der Waals surface area contributed by atoms with Crippen LogP contribution in [0.15, 0.2) is 24.3 Å². The molecule has 0 unspecified atom stereocenters. The first-order chi connectivity index (χ1) is 10.2. The second-order valence-electron chi connectivity index (χ2n) is 4.31. The third-order valence-corrected chi connectivity index (χ3v) is 2.74. The molecule has 0 saturated carbocycles. The maximum Gasteiger partial charge on any atom is 0.244 e. The normalized spacial score (nSPS) is 10.6. The summed E-state index contributed by atoms with van der Waals surface area (Å²) in [6.07, 6.45) is 4.05.